The van der Waals surface area contributed by atoms with Gasteiger partial charge in [-0.15, -0.1) is 0 Å². The molecule has 1 aromatic carbocycles. The SMILES string of the molecule is CCCCn1ccc2c(CNC(C)C)cccc21. The summed E-state index contributed by atoms with van der Waals surface area (Å²) in [6.45, 7) is 8.69. The second kappa shape index (κ2) is 6.05. The zero-order valence-electron chi connectivity index (χ0n) is 11.7. The molecule has 1 heterocycles. The molecule has 2 nitrogen and oxygen atoms in total. The van der Waals surface area contributed by atoms with E-state index in [4.69, 9.17) is 0 Å². The number of aromatic nitrogens is 1. The Bertz CT molecular complexity index is 497. The lowest BCUT2D eigenvalue weighted by Gasteiger charge is -2.10. The maximum atomic E-state index is 3.50. The standard InChI is InChI=1S/C16H24N2/c1-4-5-10-18-11-9-15-14(12-17-13(2)3)7-6-8-16(15)18/h6-9,11,13,17H,4-5,10,12H2,1-3H3. The van der Waals surface area contributed by atoms with Crippen LogP contribution < -0.4 is 5.32 Å². The Hall–Kier alpha value is -1.28. The number of hydrogen-bond acceptors (Lipinski definition) is 1. The van der Waals surface area contributed by atoms with Crippen LogP contribution >= 0.6 is 0 Å². The van der Waals surface area contributed by atoms with Crippen LogP contribution in [0.5, 0.6) is 0 Å². The smallest absolute Gasteiger partial charge is 0.0483 e. The number of aryl methyl sites for hydroxylation is 1. The Labute approximate surface area is 110 Å². The summed E-state index contributed by atoms with van der Waals surface area (Å²) in [6.07, 6.45) is 4.71. The van der Waals surface area contributed by atoms with Crippen molar-refractivity contribution in [3.05, 3.63) is 36.0 Å². The highest BCUT2D eigenvalue weighted by molar-refractivity contribution is 5.83. The van der Waals surface area contributed by atoms with Gasteiger partial charge in [0.2, 0.25) is 0 Å². The molecular formula is C16H24N2. The molecule has 98 valence electrons. The summed E-state index contributed by atoms with van der Waals surface area (Å²) in [6, 6.07) is 9.40. The van der Waals surface area contributed by atoms with Gasteiger partial charge in [0, 0.05) is 36.2 Å². The molecular weight excluding hydrogens is 220 g/mol. The van der Waals surface area contributed by atoms with E-state index in [0.29, 0.717) is 6.04 Å². The molecule has 0 unspecified atom stereocenters. The third-order valence-electron chi connectivity index (χ3n) is 3.36. The second-order valence-corrected chi connectivity index (χ2v) is 5.25. The molecule has 0 atom stereocenters. The highest BCUT2D eigenvalue weighted by Crippen LogP contribution is 2.21. The predicted molar refractivity (Wildman–Crippen MR) is 78.8 cm³/mol. The molecule has 1 aromatic heterocycles. The van der Waals surface area contributed by atoms with Gasteiger partial charge in [0.15, 0.2) is 0 Å². The summed E-state index contributed by atoms with van der Waals surface area (Å²) in [4.78, 5) is 0. The number of nitrogens with zero attached hydrogens (tertiary/aromatic N) is 1. The first kappa shape index (κ1) is 13.2. The molecule has 2 aromatic rings. The van der Waals surface area contributed by atoms with Crippen molar-refractivity contribution in [1.29, 1.82) is 0 Å². The topological polar surface area (TPSA) is 17.0 Å². The number of rotatable bonds is 6. The van der Waals surface area contributed by atoms with Crippen molar-refractivity contribution in [2.24, 2.45) is 0 Å². The van der Waals surface area contributed by atoms with Crippen LogP contribution in [-0.4, -0.2) is 10.6 Å². The van der Waals surface area contributed by atoms with Crippen LogP contribution in [-0.2, 0) is 13.1 Å². The fourth-order valence-electron chi connectivity index (χ4n) is 2.28. The van der Waals surface area contributed by atoms with Gasteiger partial charge in [0.1, 0.15) is 0 Å². The molecule has 2 heteroatoms. The zero-order valence-corrected chi connectivity index (χ0v) is 11.7. The molecule has 0 saturated carbocycles. The first-order valence-electron chi connectivity index (χ1n) is 7.02. The van der Waals surface area contributed by atoms with Crippen LogP contribution in [0.1, 0.15) is 39.2 Å². The van der Waals surface area contributed by atoms with E-state index in [1.807, 2.05) is 0 Å². The number of benzene rings is 1. The molecule has 1 N–H and O–H groups in total. The lowest BCUT2D eigenvalue weighted by atomic mass is 10.1. The van der Waals surface area contributed by atoms with Gasteiger partial charge in [-0.25, -0.2) is 0 Å². The highest BCUT2D eigenvalue weighted by atomic mass is 15.0. The average Bonchev–Trinajstić information content (AvgIpc) is 2.77. The van der Waals surface area contributed by atoms with Crippen LogP contribution in [0.15, 0.2) is 30.5 Å². The van der Waals surface area contributed by atoms with Gasteiger partial charge in [-0.1, -0.05) is 39.3 Å². The zero-order chi connectivity index (χ0) is 13.0. The Morgan fingerprint density at radius 1 is 1.22 bits per heavy atom. The quantitative estimate of drug-likeness (QED) is 0.814. The Balaban J connectivity index is 2.24. The van der Waals surface area contributed by atoms with Gasteiger partial charge in [-0.05, 0) is 24.1 Å². The van der Waals surface area contributed by atoms with Crippen molar-refractivity contribution in [3.63, 3.8) is 0 Å². The minimum Gasteiger partial charge on any atom is -0.347 e. The Kier molecular flexibility index (Phi) is 4.43. The molecule has 0 fully saturated rings. The maximum absolute atomic E-state index is 3.50. The van der Waals surface area contributed by atoms with Gasteiger partial charge < -0.3 is 9.88 Å². The van der Waals surface area contributed by atoms with Gasteiger partial charge in [-0.3, -0.25) is 0 Å². The van der Waals surface area contributed by atoms with Crippen molar-refractivity contribution in [1.82, 2.24) is 9.88 Å². The van der Waals surface area contributed by atoms with Crippen molar-refractivity contribution >= 4 is 10.9 Å². The van der Waals surface area contributed by atoms with E-state index in [0.717, 1.165) is 13.1 Å². The Morgan fingerprint density at radius 2 is 2.06 bits per heavy atom. The average molecular weight is 244 g/mol. The summed E-state index contributed by atoms with van der Waals surface area (Å²) >= 11 is 0. The predicted octanol–water partition coefficient (Wildman–Crippen LogP) is 3.94. The van der Waals surface area contributed by atoms with Gasteiger partial charge >= 0.3 is 0 Å². The van der Waals surface area contributed by atoms with Crippen molar-refractivity contribution in [2.75, 3.05) is 0 Å². The molecule has 0 aliphatic carbocycles. The lowest BCUT2D eigenvalue weighted by Crippen LogP contribution is -2.21. The van der Waals surface area contributed by atoms with Crippen LogP contribution in [0.2, 0.25) is 0 Å². The molecule has 0 amide bonds. The molecule has 0 bridgehead atoms. The Morgan fingerprint density at radius 3 is 2.78 bits per heavy atom. The largest absolute Gasteiger partial charge is 0.347 e. The van der Waals surface area contributed by atoms with Gasteiger partial charge in [0.25, 0.3) is 0 Å². The minimum absolute atomic E-state index is 0.530. The molecule has 2 rings (SSSR count). The number of unbranched alkanes of at least 4 members (excludes halogenated alkanes) is 1. The first-order valence-corrected chi connectivity index (χ1v) is 7.02. The summed E-state index contributed by atoms with van der Waals surface area (Å²) in [5.74, 6) is 0. The van der Waals surface area contributed by atoms with Crippen LogP contribution in [0, 0.1) is 0 Å². The maximum Gasteiger partial charge on any atom is 0.0483 e. The highest BCUT2D eigenvalue weighted by Gasteiger charge is 2.05. The van der Waals surface area contributed by atoms with E-state index in [9.17, 15) is 0 Å². The molecule has 0 radical (unpaired) electrons. The van der Waals surface area contributed by atoms with E-state index < -0.39 is 0 Å². The molecule has 0 spiro atoms. The van der Waals surface area contributed by atoms with E-state index in [2.05, 4.69) is 61.1 Å². The van der Waals surface area contributed by atoms with Crippen molar-refractivity contribution in [3.8, 4) is 0 Å². The van der Waals surface area contributed by atoms with E-state index in [-0.39, 0.29) is 0 Å². The third kappa shape index (κ3) is 2.94. The number of fused-ring (bicyclic) bond motifs is 1. The van der Waals surface area contributed by atoms with E-state index >= 15 is 0 Å². The monoisotopic (exact) mass is 244 g/mol. The van der Waals surface area contributed by atoms with Crippen molar-refractivity contribution < 1.29 is 0 Å². The molecule has 0 aliphatic heterocycles. The first-order chi connectivity index (χ1) is 8.72. The summed E-state index contributed by atoms with van der Waals surface area (Å²) in [5, 5.41) is 4.89. The summed E-state index contributed by atoms with van der Waals surface area (Å²) in [5.41, 5.74) is 2.77. The van der Waals surface area contributed by atoms with Crippen LogP contribution in [0.25, 0.3) is 10.9 Å². The normalized spacial score (nSPS) is 11.6. The summed E-state index contributed by atoms with van der Waals surface area (Å²) < 4.78 is 2.37. The molecule has 0 aliphatic rings. The minimum atomic E-state index is 0.530. The lowest BCUT2D eigenvalue weighted by molar-refractivity contribution is 0.590. The van der Waals surface area contributed by atoms with Crippen LogP contribution in [0.3, 0.4) is 0 Å². The van der Waals surface area contributed by atoms with Crippen LogP contribution in [0.4, 0.5) is 0 Å². The molecule has 18 heavy (non-hydrogen) atoms. The fraction of sp³-hybridized carbons (Fsp3) is 0.500. The molecule has 0 saturated heterocycles. The van der Waals surface area contributed by atoms with Gasteiger partial charge in [0.05, 0.1) is 0 Å². The number of hydrogen-bond donors (Lipinski definition) is 1. The van der Waals surface area contributed by atoms with E-state index in [1.165, 1.54) is 29.3 Å². The van der Waals surface area contributed by atoms with Gasteiger partial charge in [-0.2, -0.15) is 0 Å². The third-order valence-corrected chi connectivity index (χ3v) is 3.36. The fourth-order valence-corrected chi connectivity index (χ4v) is 2.28. The summed E-state index contributed by atoms with van der Waals surface area (Å²) in [7, 11) is 0. The second-order valence-electron chi connectivity index (χ2n) is 5.25. The van der Waals surface area contributed by atoms with E-state index in [1.54, 1.807) is 0 Å². The number of nitrogens with one attached hydrogen (secondary N) is 1. The van der Waals surface area contributed by atoms with Crippen molar-refractivity contribution in [2.45, 2.75) is 52.7 Å².